The Bertz CT molecular complexity index is 853. The van der Waals surface area contributed by atoms with Crippen molar-refractivity contribution in [3.8, 4) is 11.5 Å². The molecule has 0 saturated heterocycles. The van der Waals surface area contributed by atoms with Crippen molar-refractivity contribution >= 4 is 16.6 Å². The molecular formula is C16H12N2O. The van der Waals surface area contributed by atoms with E-state index in [4.69, 9.17) is 4.42 Å². The Balaban J connectivity index is 1.93. The Labute approximate surface area is 110 Å². The van der Waals surface area contributed by atoms with Crippen molar-refractivity contribution < 1.29 is 4.42 Å². The lowest BCUT2D eigenvalue weighted by Crippen LogP contribution is -1.81. The summed E-state index contributed by atoms with van der Waals surface area (Å²) in [5, 5.41) is 1.10. The van der Waals surface area contributed by atoms with E-state index in [-0.39, 0.29) is 0 Å². The van der Waals surface area contributed by atoms with Gasteiger partial charge in [-0.25, -0.2) is 4.98 Å². The maximum absolute atomic E-state index is 5.84. The Kier molecular flexibility index (Phi) is 2.03. The number of aromatic nitrogens is 2. The molecule has 0 bridgehead atoms. The van der Waals surface area contributed by atoms with E-state index in [1.165, 1.54) is 5.56 Å². The lowest BCUT2D eigenvalue weighted by Gasteiger charge is -1.92. The van der Waals surface area contributed by atoms with Gasteiger partial charge < -0.3 is 8.82 Å². The molecular weight excluding hydrogens is 236 g/mol. The smallest absolute Gasteiger partial charge is 0.155 e. The van der Waals surface area contributed by atoms with Crippen molar-refractivity contribution in [3.05, 3.63) is 60.4 Å². The van der Waals surface area contributed by atoms with E-state index in [9.17, 15) is 0 Å². The predicted octanol–water partition coefficient (Wildman–Crippen LogP) is 4.06. The maximum atomic E-state index is 5.84. The molecule has 3 nitrogen and oxygen atoms in total. The van der Waals surface area contributed by atoms with Crippen molar-refractivity contribution in [1.29, 1.82) is 0 Å². The fourth-order valence-corrected chi connectivity index (χ4v) is 2.31. The van der Waals surface area contributed by atoms with Crippen LogP contribution in [0.5, 0.6) is 0 Å². The topological polar surface area (TPSA) is 30.4 Å². The van der Waals surface area contributed by atoms with Gasteiger partial charge in [0, 0.05) is 17.8 Å². The highest BCUT2D eigenvalue weighted by Crippen LogP contribution is 2.27. The number of benzene rings is 1. The number of pyridine rings is 1. The van der Waals surface area contributed by atoms with Gasteiger partial charge in [0.2, 0.25) is 0 Å². The molecule has 0 radical (unpaired) electrons. The second-order valence-electron chi connectivity index (χ2n) is 4.74. The monoisotopic (exact) mass is 248 g/mol. The number of furan rings is 1. The van der Waals surface area contributed by atoms with Gasteiger partial charge >= 0.3 is 0 Å². The highest BCUT2D eigenvalue weighted by Gasteiger charge is 2.09. The Hall–Kier alpha value is -2.55. The quantitative estimate of drug-likeness (QED) is 0.508. The number of fused-ring (bicyclic) bond motifs is 2. The van der Waals surface area contributed by atoms with Gasteiger partial charge in [0.15, 0.2) is 5.76 Å². The maximum Gasteiger partial charge on any atom is 0.155 e. The summed E-state index contributed by atoms with van der Waals surface area (Å²) in [4.78, 5) is 4.61. The minimum atomic E-state index is 0.808. The summed E-state index contributed by atoms with van der Waals surface area (Å²) in [5.74, 6) is 0.808. The van der Waals surface area contributed by atoms with Crippen molar-refractivity contribution in [1.82, 2.24) is 9.38 Å². The normalized spacial score (nSPS) is 11.4. The number of hydrogen-bond donors (Lipinski definition) is 0. The number of nitrogens with zero attached hydrogens (tertiary/aromatic N) is 2. The third-order valence-electron chi connectivity index (χ3n) is 3.29. The number of aryl methyl sites for hydroxylation is 1. The Morgan fingerprint density at radius 2 is 2.00 bits per heavy atom. The molecule has 19 heavy (non-hydrogen) atoms. The third-order valence-corrected chi connectivity index (χ3v) is 3.29. The summed E-state index contributed by atoms with van der Waals surface area (Å²) in [7, 11) is 0. The van der Waals surface area contributed by atoms with E-state index in [1.54, 1.807) is 0 Å². The molecule has 92 valence electrons. The van der Waals surface area contributed by atoms with Crippen LogP contribution in [0, 0.1) is 6.92 Å². The van der Waals surface area contributed by atoms with Crippen LogP contribution in [0.3, 0.4) is 0 Å². The minimum Gasteiger partial charge on any atom is -0.454 e. The molecule has 0 aliphatic carbocycles. The van der Waals surface area contributed by atoms with Gasteiger partial charge in [0.05, 0.1) is 0 Å². The first-order chi connectivity index (χ1) is 9.29. The molecule has 1 aromatic carbocycles. The molecule has 3 heterocycles. The van der Waals surface area contributed by atoms with Crippen LogP contribution < -0.4 is 0 Å². The SMILES string of the molecule is Cc1ccn2cc(-c3cc4ccccc4o3)nc2c1. The van der Waals surface area contributed by atoms with E-state index in [2.05, 4.69) is 24.0 Å². The van der Waals surface area contributed by atoms with Crippen LogP contribution in [-0.4, -0.2) is 9.38 Å². The zero-order valence-electron chi connectivity index (χ0n) is 10.5. The van der Waals surface area contributed by atoms with Crippen LogP contribution in [0.15, 0.2) is 59.3 Å². The fraction of sp³-hybridized carbons (Fsp3) is 0.0625. The minimum absolute atomic E-state index is 0.808. The molecule has 0 N–H and O–H groups in total. The molecule has 0 fully saturated rings. The average Bonchev–Trinajstić information content (AvgIpc) is 3.00. The van der Waals surface area contributed by atoms with Gasteiger partial charge in [-0.2, -0.15) is 0 Å². The average molecular weight is 248 g/mol. The van der Waals surface area contributed by atoms with Crippen LogP contribution in [0.4, 0.5) is 0 Å². The van der Waals surface area contributed by atoms with Crippen LogP contribution in [0.2, 0.25) is 0 Å². The van der Waals surface area contributed by atoms with Crippen LogP contribution in [-0.2, 0) is 0 Å². The molecule has 0 saturated carbocycles. The van der Waals surface area contributed by atoms with Crippen LogP contribution >= 0.6 is 0 Å². The van der Waals surface area contributed by atoms with E-state index >= 15 is 0 Å². The van der Waals surface area contributed by atoms with Gasteiger partial charge in [0.1, 0.15) is 16.9 Å². The molecule has 4 aromatic rings. The number of hydrogen-bond acceptors (Lipinski definition) is 2. The summed E-state index contributed by atoms with van der Waals surface area (Å²) >= 11 is 0. The first kappa shape index (κ1) is 10.4. The second kappa shape index (κ2) is 3.72. The number of para-hydroxylation sites is 1. The van der Waals surface area contributed by atoms with E-state index < -0.39 is 0 Å². The van der Waals surface area contributed by atoms with Crippen molar-refractivity contribution in [2.75, 3.05) is 0 Å². The van der Waals surface area contributed by atoms with Gasteiger partial charge in [-0.05, 0) is 36.8 Å². The molecule has 0 spiro atoms. The Morgan fingerprint density at radius 1 is 1.11 bits per heavy atom. The molecule has 0 amide bonds. The predicted molar refractivity (Wildman–Crippen MR) is 75.1 cm³/mol. The molecule has 0 unspecified atom stereocenters. The molecule has 4 rings (SSSR count). The molecule has 3 heteroatoms. The molecule has 0 aliphatic rings. The number of rotatable bonds is 1. The zero-order valence-corrected chi connectivity index (χ0v) is 10.5. The van der Waals surface area contributed by atoms with Gasteiger partial charge in [-0.3, -0.25) is 0 Å². The Morgan fingerprint density at radius 3 is 2.89 bits per heavy atom. The largest absolute Gasteiger partial charge is 0.454 e. The lowest BCUT2D eigenvalue weighted by molar-refractivity contribution is 0.629. The van der Waals surface area contributed by atoms with Gasteiger partial charge in [-0.1, -0.05) is 18.2 Å². The second-order valence-corrected chi connectivity index (χ2v) is 4.74. The molecule has 0 atom stereocenters. The lowest BCUT2D eigenvalue weighted by atomic mass is 10.2. The summed E-state index contributed by atoms with van der Waals surface area (Å²) in [6, 6.07) is 14.2. The van der Waals surface area contributed by atoms with E-state index in [0.717, 1.165) is 28.1 Å². The zero-order chi connectivity index (χ0) is 12.8. The van der Waals surface area contributed by atoms with Crippen LogP contribution in [0.25, 0.3) is 28.1 Å². The summed E-state index contributed by atoms with van der Waals surface area (Å²) in [6.07, 6.45) is 4.01. The van der Waals surface area contributed by atoms with E-state index in [1.807, 2.05) is 47.1 Å². The van der Waals surface area contributed by atoms with Gasteiger partial charge in [-0.15, -0.1) is 0 Å². The summed E-state index contributed by atoms with van der Waals surface area (Å²) in [6.45, 7) is 2.07. The molecule has 3 aromatic heterocycles. The van der Waals surface area contributed by atoms with Crippen molar-refractivity contribution in [2.45, 2.75) is 6.92 Å². The van der Waals surface area contributed by atoms with Gasteiger partial charge in [0.25, 0.3) is 0 Å². The fourth-order valence-electron chi connectivity index (χ4n) is 2.31. The van der Waals surface area contributed by atoms with Crippen molar-refractivity contribution in [3.63, 3.8) is 0 Å². The summed E-state index contributed by atoms with van der Waals surface area (Å²) in [5.41, 5.74) is 3.90. The number of imidazole rings is 1. The third kappa shape index (κ3) is 1.63. The standard InChI is InChI=1S/C16H12N2O/c1-11-6-7-18-10-13(17-16(18)8-11)15-9-12-4-2-3-5-14(12)19-15/h2-10H,1H3. The first-order valence-corrected chi connectivity index (χ1v) is 6.24. The van der Waals surface area contributed by atoms with E-state index in [0.29, 0.717) is 0 Å². The highest BCUT2D eigenvalue weighted by molar-refractivity contribution is 5.82. The van der Waals surface area contributed by atoms with Crippen molar-refractivity contribution in [2.24, 2.45) is 0 Å². The highest BCUT2D eigenvalue weighted by atomic mass is 16.3. The van der Waals surface area contributed by atoms with Crippen LogP contribution in [0.1, 0.15) is 5.56 Å². The summed E-state index contributed by atoms with van der Waals surface area (Å²) < 4.78 is 7.85. The molecule has 0 aliphatic heterocycles. The first-order valence-electron chi connectivity index (χ1n) is 6.24.